The maximum atomic E-state index is 8.97. The predicted molar refractivity (Wildman–Crippen MR) is 37.0 cm³/mol. The van der Waals surface area contributed by atoms with E-state index >= 15 is 0 Å². The molecule has 0 saturated carbocycles. The lowest BCUT2D eigenvalue weighted by Gasteiger charge is -2.23. The summed E-state index contributed by atoms with van der Waals surface area (Å²) in [4.78, 5) is 0. The number of aliphatic hydroxyl groups is 4. The van der Waals surface area contributed by atoms with Gasteiger partial charge < -0.3 is 25.2 Å². The van der Waals surface area contributed by atoms with Gasteiger partial charge in [0, 0.05) is 7.11 Å². The maximum Gasteiger partial charge on any atom is 0.113 e. The lowest BCUT2D eigenvalue weighted by molar-refractivity contribution is -0.108. The van der Waals surface area contributed by atoms with Gasteiger partial charge in [-0.3, -0.25) is 0 Å². The van der Waals surface area contributed by atoms with E-state index in [1.165, 1.54) is 7.11 Å². The Morgan fingerprint density at radius 2 is 1.45 bits per heavy atom. The zero-order valence-corrected chi connectivity index (χ0v) is 6.34. The Bertz CT molecular complexity index is 87.0. The van der Waals surface area contributed by atoms with E-state index in [0.29, 0.717) is 0 Å². The van der Waals surface area contributed by atoms with Gasteiger partial charge in [0.15, 0.2) is 0 Å². The van der Waals surface area contributed by atoms with Crippen molar-refractivity contribution in [3.8, 4) is 0 Å². The Morgan fingerprint density at radius 3 is 1.64 bits per heavy atom. The number of hydrogen-bond acceptors (Lipinski definition) is 5. The maximum absolute atomic E-state index is 8.97. The molecule has 0 bridgehead atoms. The van der Waals surface area contributed by atoms with Crippen molar-refractivity contribution in [2.24, 2.45) is 0 Å². The molecule has 5 nitrogen and oxygen atoms in total. The average molecular weight is 166 g/mol. The number of ether oxygens (including phenoxy) is 1. The van der Waals surface area contributed by atoms with Crippen LogP contribution in [0, 0.1) is 0 Å². The first-order chi connectivity index (χ1) is 5.17. The van der Waals surface area contributed by atoms with E-state index in [2.05, 4.69) is 4.74 Å². The van der Waals surface area contributed by atoms with Gasteiger partial charge in [0.1, 0.15) is 18.3 Å². The van der Waals surface area contributed by atoms with Gasteiger partial charge in [-0.2, -0.15) is 0 Å². The van der Waals surface area contributed by atoms with Crippen molar-refractivity contribution in [1.29, 1.82) is 0 Å². The summed E-state index contributed by atoms with van der Waals surface area (Å²) in [6.07, 6.45) is -3.27. The second-order valence-electron chi connectivity index (χ2n) is 2.20. The molecule has 0 amide bonds. The molecule has 0 aliphatic rings. The zero-order valence-electron chi connectivity index (χ0n) is 6.34. The van der Waals surface area contributed by atoms with Gasteiger partial charge in [0.05, 0.1) is 13.2 Å². The Morgan fingerprint density at radius 1 is 1.09 bits per heavy atom. The van der Waals surface area contributed by atoms with Gasteiger partial charge in [-0.25, -0.2) is 0 Å². The van der Waals surface area contributed by atoms with Crippen LogP contribution in [0.3, 0.4) is 0 Å². The molecular weight excluding hydrogens is 152 g/mol. The third-order valence-corrected chi connectivity index (χ3v) is 1.40. The van der Waals surface area contributed by atoms with Crippen LogP contribution in [0.2, 0.25) is 0 Å². The number of aliphatic hydroxyl groups excluding tert-OH is 4. The highest BCUT2D eigenvalue weighted by Crippen LogP contribution is 2.03. The summed E-state index contributed by atoms with van der Waals surface area (Å²) in [6.45, 7) is -1.01. The highest BCUT2D eigenvalue weighted by Gasteiger charge is 2.25. The summed E-state index contributed by atoms with van der Waals surface area (Å²) in [5.74, 6) is 0. The van der Waals surface area contributed by atoms with E-state index in [-0.39, 0.29) is 0 Å². The molecule has 0 spiro atoms. The summed E-state index contributed by atoms with van der Waals surface area (Å²) in [6, 6.07) is 0. The van der Waals surface area contributed by atoms with Crippen molar-refractivity contribution >= 4 is 0 Å². The van der Waals surface area contributed by atoms with Crippen molar-refractivity contribution in [3.63, 3.8) is 0 Å². The molecule has 4 N–H and O–H groups in total. The summed E-state index contributed by atoms with van der Waals surface area (Å²) >= 11 is 0. The molecule has 0 radical (unpaired) electrons. The van der Waals surface area contributed by atoms with Gasteiger partial charge in [0.25, 0.3) is 0 Å². The third kappa shape index (κ3) is 3.13. The highest BCUT2D eigenvalue weighted by molar-refractivity contribution is 4.75. The van der Waals surface area contributed by atoms with Gasteiger partial charge >= 0.3 is 0 Å². The Kier molecular flexibility index (Phi) is 5.35. The lowest BCUT2D eigenvalue weighted by Crippen LogP contribution is -2.42. The Hall–Kier alpha value is -0.200. The smallest absolute Gasteiger partial charge is 0.113 e. The standard InChI is InChI=1S/C6H14O5/c1-11-6(4(9)2-7)5(10)3-8/h4-10H,2-3H2,1H3. The van der Waals surface area contributed by atoms with Gasteiger partial charge in [-0.1, -0.05) is 0 Å². The van der Waals surface area contributed by atoms with Crippen LogP contribution in [-0.4, -0.2) is 59.1 Å². The van der Waals surface area contributed by atoms with E-state index in [4.69, 9.17) is 20.4 Å². The minimum Gasteiger partial charge on any atom is -0.394 e. The number of hydrogen-bond donors (Lipinski definition) is 4. The minimum absolute atomic E-state index is 0.504. The van der Waals surface area contributed by atoms with E-state index in [1.807, 2.05) is 0 Å². The topological polar surface area (TPSA) is 90.2 Å². The molecule has 11 heavy (non-hydrogen) atoms. The second kappa shape index (κ2) is 5.45. The van der Waals surface area contributed by atoms with Crippen LogP contribution in [0.25, 0.3) is 0 Å². The number of methoxy groups -OCH3 is 1. The molecule has 5 heteroatoms. The first kappa shape index (κ1) is 10.8. The average Bonchev–Trinajstić information content (AvgIpc) is 2.05. The third-order valence-electron chi connectivity index (χ3n) is 1.40. The molecule has 0 aromatic rings. The summed E-state index contributed by atoms with van der Waals surface area (Å²) < 4.78 is 4.64. The normalized spacial score (nSPS) is 19.4. The van der Waals surface area contributed by atoms with Crippen molar-refractivity contribution in [1.82, 2.24) is 0 Å². The van der Waals surface area contributed by atoms with Crippen molar-refractivity contribution in [2.45, 2.75) is 18.3 Å². The van der Waals surface area contributed by atoms with Crippen LogP contribution >= 0.6 is 0 Å². The van der Waals surface area contributed by atoms with Crippen LogP contribution in [0.15, 0.2) is 0 Å². The fourth-order valence-electron chi connectivity index (χ4n) is 0.778. The first-order valence-corrected chi connectivity index (χ1v) is 3.28. The molecule has 0 heterocycles. The predicted octanol–water partition coefficient (Wildman–Crippen LogP) is -2.29. The fraction of sp³-hybridized carbons (Fsp3) is 1.00. The van der Waals surface area contributed by atoms with E-state index in [9.17, 15) is 0 Å². The van der Waals surface area contributed by atoms with Crippen LogP contribution in [0.4, 0.5) is 0 Å². The molecule has 0 aliphatic heterocycles. The van der Waals surface area contributed by atoms with E-state index < -0.39 is 31.5 Å². The molecule has 0 aliphatic carbocycles. The second-order valence-corrected chi connectivity index (χ2v) is 2.20. The Labute approximate surface area is 64.9 Å². The summed E-state index contributed by atoms with van der Waals surface area (Å²) in [5, 5.41) is 34.9. The molecule has 0 aromatic heterocycles. The van der Waals surface area contributed by atoms with Crippen molar-refractivity contribution in [2.75, 3.05) is 20.3 Å². The lowest BCUT2D eigenvalue weighted by atomic mass is 10.1. The molecular formula is C6H14O5. The van der Waals surface area contributed by atoms with E-state index in [1.54, 1.807) is 0 Å². The minimum atomic E-state index is -1.16. The van der Waals surface area contributed by atoms with Gasteiger partial charge in [0.2, 0.25) is 0 Å². The number of rotatable bonds is 5. The molecule has 2 unspecified atom stereocenters. The van der Waals surface area contributed by atoms with E-state index in [0.717, 1.165) is 0 Å². The Balaban J connectivity index is 3.92. The molecule has 0 aromatic carbocycles. The quantitative estimate of drug-likeness (QED) is 0.369. The molecule has 2 atom stereocenters. The van der Waals surface area contributed by atoms with Crippen molar-refractivity contribution < 1.29 is 25.2 Å². The first-order valence-electron chi connectivity index (χ1n) is 3.28. The summed E-state index contributed by atoms with van der Waals surface area (Å²) in [5.41, 5.74) is 0. The SMILES string of the molecule is COC(C(O)CO)C(O)CO. The largest absolute Gasteiger partial charge is 0.394 e. The van der Waals surface area contributed by atoms with Crippen LogP contribution in [0.5, 0.6) is 0 Å². The van der Waals surface area contributed by atoms with Crippen LogP contribution < -0.4 is 0 Å². The van der Waals surface area contributed by atoms with Gasteiger partial charge in [-0.05, 0) is 0 Å². The zero-order chi connectivity index (χ0) is 8.85. The summed E-state index contributed by atoms with van der Waals surface area (Å²) in [7, 11) is 1.28. The van der Waals surface area contributed by atoms with Crippen molar-refractivity contribution in [3.05, 3.63) is 0 Å². The highest BCUT2D eigenvalue weighted by atomic mass is 16.5. The molecule has 68 valence electrons. The molecule has 0 rings (SSSR count). The molecule has 0 saturated heterocycles. The monoisotopic (exact) mass is 166 g/mol. The van der Waals surface area contributed by atoms with Crippen LogP contribution in [-0.2, 0) is 4.74 Å². The fourth-order valence-corrected chi connectivity index (χ4v) is 0.778. The van der Waals surface area contributed by atoms with Gasteiger partial charge in [-0.15, -0.1) is 0 Å². The molecule has 0 fully saturated rings. The van der Waals surface area contributed by atoms with Crippen LogP contribution in [0.1, 0.15) is 0 Å².